The number of hydrogen-bond acceptors (Lipinski definition) is 0. The Labute approximate surface area is 195 Å². The molecule has 0 radical (unpaired) electrons. The molecular weight excluding hydrogens is 400 g/mol. The van der Waals surface area contributed by atoms with Crippen LogP contribution in [-0.2, 0) is 0 Å². The normalized spacial score (nSPS) is 10.6. The molecule has 0 aliphatic carbocycles. The Balaban J connectivity index is 2.29. The van der Waals surface area contributed by atoms with Gasteiger partial charge in [-0.3, -0.25) is 0 Å². The van der Waals surface area contributed by atoms with Crippen LogP contribution < -0.4 is 5.19 Å². The third-order valence-electron chi connectivity index (χ3n) is 5.39. The highest BCUT2D eigenvalue weighted by Crippen LogP contribution is 2.36. The molecule has 0 aliphatic heterocycles. The summed E-state index contributed by atoms with van der Waals surface area (Å²) in [6, 6.07) is 28.9. The van der Waals surface area contributed by atoms with Crippen LogP contribution in [0.4, 0.5) is 0 Å². The number of rotatable bonds is 2. The fraction of sp³-hybridized carbons (Fsp3) is 0.226. The van der Waals surface area contributed by atoms with Gasteiger partial charge in [-0.1, -0.05) is 106 Å². The van der Waals surface area contributed by atoms with Gasteiger partial charge < -0.3 is 0 Å². The van der Waals surface area contributed by atoms with Crippen molar-refractivity contribution in [3.8, 4) is 34.8 Å². The molecule has 32 heavy (non-hydrogen) atoms. The fourth-order valence-corrected chi connectivity index (χ4v) is 6.97. The van der Waals surface area contributed by atoms with E-state index in [1.54, 1.807) is 0 Å². The molecule has 3 rings (SSSR count). The summed E-state index contributed by atoms with van der Waals surface area (Å²) in [7, 11) is -2.67. The van der Waals surface area contributed by atoms with Crippen molar-refractivity contribution in [3.05, 3.63) is 102 Å². The van der Waals surface area contributed by atoms with Crippen molar-refractivity contribution >= 4 is 13.3 Å². The van der Waals surface area contributed by atoms with Crippen molar-refractivity contribution in [2.75, 3.05) is 0 Å². The number of unbranched alkanes of at least 4 members (excludes halogenated alkanes) is 1. The van der Waals surface area contributed by atoms with E-state index in [0.717, 1.165) is 29.5 Å². The van der Waals surface area contributed by atoms with Gasteiger partial charge in [-0.05, 0) is 47.0 Å². The summed E-state index contributed by atoms with van der Waals surface area (Å²) in [5.41, 5.74) is 10.6. The largest absolute Gasteiger partial charge is 0.253 e. The lowest BCUT2D eigenvalue weighted by atomic mass is 10.2. The Kier molecular flexibility index (Phi) is 7.79. The molecule has 1 heteroatoms. The predicted octanol–water partition coefficient (Wildman–Crippen LogP) is 6.48. The maximum atomic E-state index is 3.75. The molecule has 0 nitrogen and oxygen atoms in total. The van der Waals surface area contributed by atoms with E-state index in [4.69, 9.17) is 0 Å². The van der Waals surface area contributed by atoms with E-state index in [-0.39, 0.29) is 5.04 Å². The highest BCUT2D eigenvalue weighted by molar-refractivity contribution is 7.06. The zero-order chi connectivity index (χ0) is 22.9. The molecule has 0 aliphatic rings. The van der Waals surface area contributed by atoms with Gasteiger partial charge in [-0.15, -0.1) is 11.1 Å². The van der Waals surface area contributed by atoms with Crippen molar-refractivity contribution in [1.29, 1.82) is 0 Å². The van der Waals surface area contributed by atoms with Crippen LogP contribution in [0.1, 0.15) is 57.2 Å². The summed E-state index contributed by atoms with van der Waals surface area (Å²) in [5, 5.41) is 1.10. The number of hydrogen-bond donors (Lipinski definition) is 0. The minimum atomic E-state index is -2.67. The van der Waals surface area contributed by atoms with Crippen LogP contribution in [0.3, 0.4) is 0 Å². The quantitative estimate of drug-likeness (QED) is 0.323. The van der Waals surface area contributed by atoms with Crippen molar-refractivity contribution in [3.63, 3.8) is 0 Å². The van der Waals surface area contributed by atoms with Gasteiger partial charge >= 0.3 is 0 Å². The van der Waals surface area contributed by atoms with Crippen LogP contribution in [0, 0.1) is 34.8 Å². The van der Waals surface area contributed by atoms with Gasteiger partial charge in [0.2, 0.25) is 0 Å². The molecule has 3 aromatic rings. The van der Waals surface area contributed by atoms with Crippen LogP contribution in [0.15, 0.2) is 84.9 Å². The van der Waals surface area contributed by atoms with Crippen LogP contribution in [0.5, 0.6) is 0 Å². The molecule has 0 aromatic heterocycles. The van der Waals surface area contributed by atoms with Gasteiger partial charge in [0.05, 0.1) is 0 Å². The van der Waals surface area contributed by atoms with Crippen molar-refractivity contribution in [2.24, 2.45) is 0 Å². The zero-order valence-electron chi connectivity index (χ0n) is 19.5. The molecule has 0 unspecified atom stereocenters. The molecular formula is C31H30Si. The van der Waals surface area contributed by atoms with Gasteiger partial charge in [0.1, 0.15) is 0 Å². The molecule has 0 saturated heterocycles. The maximum Gasteiger partial charge on any atom is 0.253 e. The summed E-state index contributed by atoms with van der Waals surface area (Å²) in [5.74, 6) is 13.7. The minimum absolute atomic E-state index is 0.112. The lowest BCUT2D eigenvalue weighted by molar-refractivity contribution is 0.741. The fourth-order valence-electron chi connectivity index (χ4n) is 3.52. The van der Waals surface area contributed by atoms with E-state index < -0.39 is 8.07 Å². The SMILES string of the molecule is CCCC#Cc1ccccc1[Si](C#Cc1ccccc1)(C#Cc1ccccc1)C(C)(C)C. The third kappa shape index (κ3) is 5.62. The summed E-state index contributed by atoms with van der Waals surface area (Å²) < 4.78 is 0. The van der Waals surface area contributed by atoms with Gasteiger partial charge in [-0.2, -0.15) is 0 Å². The van der Waals surface area contributed by atoms with E-state index in [0.29, 0.717) is 0 Å². The molecule has 0 atom stereocenters. The van der Waals surface area contributed by atoms with E-state index in [1.165, 1.54) is 5.19 Å². The van der Waals surface area contributed by atoms with Crippen LogP contribution in [-0.4, -0.2) is 8.07 Å². The Morgan fingerprint density at radius 2 is 1.16 bits per heavy atom. The Bertz CT molecular complexity index is 1150. The van der Waals surface area contributed by atoms with Crippen LogP contribution in [0.2, 0.25) is 5.04 Å². The van der Waals surface area contributed by atoms with Crippen LogP contribution >= 0.6 is 0 Å². The van der Waals surface area contributed by atoms with E-state index >= 15 is 0 Å². The smallest absolute Gasteiger partial charge is 0.104 e. The monoisotopic (exact) mass is 430 g/mol. The Hall–Kier alpha value is -3.44. The van der Waals surface area contributed by atoms with Crippen molar-refractivity contribution < 1.29 is 0 Å². The van der Waals surface area contributed by atoms with Crippen molar-refractivity contribution in [1.82, 2.24) is 0 Å². The van der Waals surface area contributed by atoms with E-state index in [9.17, 15) is 0 Å². The first-order valence-electron chi connectivity index (χ1n) is 11.2. The number of benzene rings is 3. The summed E-state index contributed by atoms with van der Waals surface area (Å²) in [6.07, 6.45) is 1.95. The maximum absolute atomic E-state index is 3.75. The van der Waals surface area contributed by atoms with Crippen LogP contribution in [0.25, 0.3) is 0 Å². The predicted molar refractivity (Wildman–Crippen MR) is 140 cm³/mol. The van der Waals surface area contributed by atoms with Gasteiger partial charge in [0, 0.05) is 23.1 Å². The molecule has 0 fully saturated rings. The highest BCUT2D eigenvalue weighted by Gasteiger charge is 2.46. The summed E-state index contributed by atoms with van der Waals surface area (Å²) in [4.78, 5) is 0. The third-order valence-corrected chi connectivity index (χ3v) is 9.88. The summed E-state index contributed by atoms with van der Waals surface area (Å²) in [6.45, 7) is 8.98. The molecule has 0 heterocycles. The second kappa shape index (κ2) is 10.7. The van der Waals surface area contributed by atoms with Gasteiger partial charge in [-0.25, -0.2) is 0 Å². The summed E-state index contributed by atoms with van der Waals surface area (Å²) >= 11 is 0. The minimum Gasteiger partial charge on any atom is -0.104 e. The lowest BCUT2D eigenvalue weighted by Gasteiger charge is -2.35. The molecule has 0 bridgehead atoms. The Morgan fingerprint density at radius 3 is 1.66 bits per heavy atom. The topological polar surface area (TPSA) is 0 Å². The second-order valence-corrected chi connectivity index (χ2v) is 12.9. The second-order valence-electron chi connectivity index (χ2n) is 8.83. The average Bonchev–Trinajstić information content (AvgIpc) is 2.80. The first-order chi connectivity index (χ1) is 15.5. The molecule has 3 aromatic carbocycles. The molecule has 0 N–H and O–H groups in total. The molecule has 158 valence electrons. The first kappa shape index (κ1) is 23.2. The highest BCUT2D eigenvalue weighted by atomic mass is 28.3. The first-order valence-corrected chi connectivity index (χ1v) is 13.2. The Morgan fingerprint density at radius 1 is 0.656 bits per heavy atom. The van der Waals surface area contributed by atoms with Crippen molar-refractivity contribution in [2.45, 2.75) is 45.6 Å². The standard InChI is InChI=1S/C31H30Si/c1-5-6-9-20-29-21-14-15-22-30(29)32(31(2,3)4,25-23-27-16-10-7-11-17-27)26-24-28-18-12-8-13-19-28/h7-8,10-19,21-22H,5-6H2,1-4H3. The molecule has 0 amide bonds. The zero-order valence-corrected chi connectivity index (χ0v) is 20.5. The lowest BCUT2D eigenvalue weighted by Crippen LogP contribution is -2.55. The van der Waals surface area contributed by atoms with Gasteiger partial charge in [0.15, 0.2) is 0 Å². The molecule has 0 spiro atoms. The molecule has 0 saturated carbocycles. The van der Waals surface area contributed by atoms with E-state index in [2.05, 4.69) is 111 Å². The van der Waals surface area contributed by atoms with Gasteiger partial charge in [0.25, 0.3) is 8.07 Å². The van der Waals surface area contributed by atoms with E-state index in [1.807, 2.05) is 36.4 Å². The average molecular weight is 431 g/mol.